The number of hydrogen-bond acceptors (Lipinski definition) is 4. The molecule has 0 saturated heterocycles. The summed E-state index contributed by atoms with van der Waals surface area (Å²) in [6.45, 7) is 9.52. The lowest BCUT2D eigenvalue weighted by Crippen LogP contribution is -2.07. The maximum Gasteiger partial charge on any atom is 0.159 e. The molecule has 0 aliphatic rings. The molecule has 1 aromatic heterocycles. The summed E-state index contributed by atoms with van der Waals surface area (Å²) in [5.74, 6) is 2.83. The third-order valence-electron chi connectivity index (χ3n) is 4.54. The zero-order valence-corrected chi connectivity index (χ0v) is 16.7. The fraction of sp³-hybridized carbons (Fsp3) is 0.478. The number of unbranched alkanes of at least 4 members (excludes halogenated alkanes) is 4. The van der Waals surface area contributed by atoms with Gasteiger partial charge in [0.2, 0.25) is 0 Å². The van der Waals surface area contributed by atoms with Gasteiger partial charge in [-0.3, -0.25) is 0 Å². The van der Waals surface area contributed by atoms with Crippen LogP contribution in [0.4, 0.5) is 0 Å². The Kier molecular flexibility index (Phi) is 9.39. The zero-order valence-electron chi connectivity index (χ0n) is 16.7. The number of allylic oxidation sites excluding steroid dienone is 1. The molecule has 0 unspecified atom stereocenters. The quantitative estimate of drug-likeness (QED) is 0.317. The summed E-state index contributed by atoms with van der Waals surface area (Å²) in [6.07, 6.45) is 12.4. The minimum absolute atomic E-state index is 0.532. The van der Waals surface area contributed by atoms with Gasteiger partial charge in [0.05, 0.1) is 25.6 Å². The predicted octanol–water partition coefficient (Wildman–Crippen LogP) is 6.08. The number of benzene rings is 1. The highest BCUT2D eigenvalue weighted by Crippen LogP contribution is 2.21. The highest BCUT2D eigenvalue weighted by molar-refractivity contribution is 5.56. The molecule has 27 heavy (non-hydrogen) atoms. The van der Waals surface area contributed by atoms with Crippen molar-refractivity contribution in [3.8, 4) is 22.9 Å². The second kappa shape index (κ2) is 12.1. The fourth-order valence-electron chi connectivity index (χ4n) is 2.53. The van der Waals surface area contributed by atoms with Gasteiger partial charge in [-0.05, 0) is 49.4 Å². The molecule has 4 nitrogen and oxygen atoms in total. The molecule has 1 aromatic carbocycles. The molecule has 0 radical (unpaired) electrons. The molecule has 0 N–H and O–H groups in total. The lowest BCUT2D eigenvalue weighted by atomic mass is 10.1. The zero-order chi connectivity index (χ0) is 19.3. The average Bonchev–Trinajstić information content (AvgIpc) is 2.72. The van der Waals surface area contributed by atoms with Crippen LogP contribution in [0.25, 0.3) is 11.4 Å². The van der Waals surface area contributed by atoms with Crippen molar-refractivity contribution in [1.82, 2.24) is 9.97 Å². The van der Waals surface area contributed by atoms with E-state index in [2.05, 4.69) is 30.4 Å². The molecule has 2 rings (SSSR count). The van der Waals surface area contributed by atoms with Crippen molar-refractivity contribution in [2.75, 3.05) is 13.2 Å². The smallest absolute Gasteiger partial charge is 0.159 e. The summed E-state index contributed by atoms with van der Waals surface area (Å²) in [5.41, 5.74) is 0.972. The molecule has 0 aliphatic heterocycles. The van der Waals surface area contributed by atoms with E-state index in [0.29, 0.717) is 24.1 Å². The van der Waals surface area contributed by atoms with Crippen LogP contribution in [0, 0.1) is 5.92 Å². The average molecular weight is 369 g/mol. The minimum atomic E-state index is 0.532. The van der Waals surface area contributed by atoms with Crippen LogP contribution >= 0.6 is 0 Å². The van der Waals surface area contributed by atoms with E-state index in [1.165, 1.54) is 19.3 Å². The van der Waals surface area contributed by atoms with Gasteiger partial charge in [-0.15, -0.1) is 6.58 Å². The van der Waals surface area contributed by atoms with Crippen LogP contribution in [0.15, 0.2) is 49.3 Å². The molecule has 0 bridgehead atoms. The van der Waals surface area contributed by atoms with E-state index in [1.54, 1.807) is 12.4 Å². The summed E-state index contributed by atoms with van der Waals surface area (Å²) < 4.78 is 11.5. The predicted molar refractivity (Wildman–Crippen MR) is 111 cm³/mol. The first-order chi connectivity index (χ1) is 13.2. The maximum atomic E-state index is 5.81. The van der Waals surface area contributed by atoms with Gasteiger partial charge in [0.15, 0.2) is 11.6 Å². The molecule has 1 heterocycles. The van der Waals surface area contributed by atoms with E-state index in [4.69, 9.17) is 9.47 Å². The van der Waals surface area contributed by atoms with Crippen molar-refractivity contribution in [2.45, 2.75) is 52.4 Å². The van der Waals surface area contributed by atoms with Gasteiger partial charge in [-0.2, -0.15) is 0 Å². The number of hydrogen-bond donors (Lipinski definition) is 0. The van der Waals surface area contributed by atoms with Crippen LogP contribution in [-0.2, 0) is 0 Å². The van der Waals surface area contributed by atoms with Crippen molar-refractivity contribution >= 4 is 0 Å². The monoisotopic (exact) mass is 368 g/mol. The molecule has 0 spiro atoms. The molecule has 0 aliphatic carbocycles. The summed E-state index contributed by atoms with van der Waals surface area (Å²) in [6, 6.07) is 7.94. The van der Waals surface area contributed by atoms with Gasteiger partial charge >= 0.3 is 0 Å². The Morgan fingerprint density at radius 3 is 2.33 bits per heavy atom. The Bertz CT molecular complexity index is 653. The highest BCUT2D eigenvalue weighted by atomic mass is 16.5. The Labute approximate surface area is 163 Å². The standard InChI is InChI=1S/C23H32N2O2/c1-4-6-7-8-9-10-15-26-21-13-11-20(12-14-21)23-24-16-22(17-25-23)27-18-19(3)5-2/h4,11-14,16-17,19H,1,5-10,15,18H2,2-3H3/t19-/m0/s1. The normalized spacial score (nSPS) is 11.8. The molecular formula is C23H32N2O2. The van der Waals surface area contributed by atoms with Gasteiger partial charge in [0, 0.05) is 5.56 Å². The fourth-order valence-corrected chi connectivity index (χ4v) is 2.53. The minimum Gasteiger partial charge on any atom is -0.494 e. The van der Waals surface area contributed by atoms with Gasteiger partial charge in [0.25, 0.3) is 0 Å². The molecule has 0 saturated carbocycles. The topological polar surface area (TPSA) is 44.2 Å². The number of nitrogens with zero attached hydrogens (tertiary/aromatic N) is 2. The van der Waals surface area contributed by atoms with Crippen LogP contribution in [0.5, 0.6) is 11.5 Å². The van der Waals surface area contributed by atoms with E-state index < -0.39 is 0 Å². The molecule has 146 valence electrons. The van der Waals surface area contributed by atoms with E-state index in [9.17, 15) is 0 Å². The molecule has 4 heteroatoms. The van der Waals surface area contributed by atoms with Crippen molar-refractivity contribution in [1.29, 1.82) is 0 Å². The third kappa shape index (κ3) is 7.81. The second-order valence-corrected chi connectivity index (χ2v) is 6.93. The van der Waals surface area contributed by atoms with Crippen LogP contribution in [0.3, 0.4) is 0 Å². The Hall–Kier alpha value is -2.36. The maximum absolute atomic E-state index is 5.81. The largest absolute Gasteiger partial charge is 0.494 e. The number of aromatic nitrogens is 2. The SMILES string of the molecule is C=CCCCCCCOc1ccc(-c2ncc(OC[C@@H](C)CC)cn2)cc1. The summed E-state index contributed by atoms with van der Waals surface area (Å²) in [5, 5.41) is 0. The summed E-state index contributed by atoms with van der Waals surface area (Å²) in [7, 11) is 0. The number of rotatable bonds is 13. The highest BCUT2D eigenvalue weighted by Gasteiger charge is 2.05. The van der Waals surface area contributed by atoms with E-state index in [0.717, 1.165) is 37.2 Å². The van der Waals surface area contributed by atoms with E-state index in [1.807, 2.05) is 30.3 Å². The lowest BCUT2D eigenvalue weighted by Gasteiger charge is -2.10. The summed E-state index contributed by atoms with van der Waals surface area (Å²) >= 11 is 0. The van der Waals surface area contributed by atoms with E-state index in [-0.39, 0.29) is 0 Å². The first-order valence-electron chi connectivity index (χ1n) is 10.0. The lowest BCUT2D eigenvalue weighted by molar-refractivity contribution is 0.255. The number of ether oxygens (including phenoxy) is 2. The molecular weight excluding hydrogens is 336 g/mol. The Morgan fingerprint density at radius 1 is 0.963 bits per heavy atom. The Balaban J connectivity index is 1.76. The van der Waals surface area contributed by atoms with Crippen molar-refractivity contribution in [3.63, 3.8) is 0 Å². The van der Waals surface area contributed by atoms with E-state index >= 15 is 0 Å². The first-order valence-corrected chi connectivity index (χ1v) is 10.0. The van der Waals surface area contributed by atoms with Gasteiger partial charge in [0.1, 0.15) is 5.75 Å². The molecule has 2 aromatic rings. The van der Waals surface area contributed by atoms with Crippen molar-refractivity contribution < 1.29 is 9.47 Å². The summed E-state index contributed by atoms with van der Waals surface area (Å²) in [4.78, 5) is 8.82. The van der Waals surface area contributed by atoms with Crippen LogP contribution in [-0.4, -0.2) is 23.2 Å². The molecule has 1 atom stereocenters. The second-order valence-electron chi connectivity index (χ2n) is 6.93. The van der Waals surface area contributed by atoms with Crippen molar-refractivity contribution in [2.24, 2.45) is 5.92 Å². The van der Waals surface area contributed by atoms with Crippen LogP contribution in [0.2, 0.25) is 0 Å². The van der Waals surface area contributed by atoms with Crippen molar-refractivity contribution in [3.05, 3.63) is 49.3 Å². The molecule has 0 amide bonds. The van der Waals surface area contributed by atoms with Gasteiger partial charge in [-0.1, -0.05) is 39.2 Å². The van der Waals surface area contributed by atoms with Crippen LogP contribution in [0.1, 0.15) is 52.4 Å². The third-order valence-corrected chi connectivity index (χ3v) is 4.54. The Morgan fingerprint density at radius 2 is 1.67 bits per heavy atom. The molecule has 0 fully saturated rings. The van der Waals surface area contributed by atoms with Gasteiger partial charge < -0.3 is 9.47 Å². The van der Waals surface area contributed by atoms with Gasteiger partial charge in [-0.25, -0.2) is 9.97 Å². The first kappa shape index (κ1) is 20.9. The van der Waals surface area contributed by atoms with Crippen LogP contribution < -0.4 is 9.47 Å².